The lowest BCUT2D eigenvalue weighted by atomic mass is 9.95. The fraction of sp³-hybridized carbons (Fsp3) is 0.333. The highest BCUT2D eigenvalue weighted by Crippen LogP contribution is 2.31. The fourth-order valence-corrected chi connectivity index (χ4v) is 4.40. The summed E-state index contributed by atoms with van der Waals surface area (Å²) in [6.45, 7) is 5.17. The summed E-state index contributed by atoms with van der Waals surface area (Å²) in [6, 6.07) is 7.80. The predicted molar refractivity (Wildman–Crippen MR) is 111 cm³/mol. The van der Waals surface area contributed by atoms with Gasteiger partial charge < -0.3 is 5.32 Å². The first-order valence-electron chi connectivity index (χ1n) is 9.41. The number of piperidine rings is 1. The zero-order valence-electron chi connectivity index (χ0n) is 15.8. The zero-order chi connectivity index (χ0) is 19.3. The number of nitrogens with one attached hydrogen (secondary N) is 1. The number of nitrogens with zero attached hydrogens (tertiary/aromatic N) is 5. The van der Waals surface area contributed by atoms with E-state index in [4.69, 9.17) is 10.2 Å². The summed E-state index contributed by atoms with van der Waals surface area (Å²) in [7, 11) is 0. The maximum absolute atomic E-state index is 8.84. The van der Waals surface area contributed by atoms with Crippen LogP contribution in [0.15, 0.2) is 42.2 Å². The molecule has 0 unspecified atom stereocenters. The first-order valence-corrected chi connectivity index (χ1v) is 10.3. The first kappa shape index (κ1) is 18.5. The third kappa shape index (κ3) is 4.53. The van der Waals surface area contributed by atoms with Crippen molar-refractivity contribution in [1.29, 1.82) is 5.26 Å². The van der Waals surface area contributed by atoms with E-state index in [0.29, 0.717) is 11.6 Å². The lowest BCUT2D eigenvalue weighted by molar-refractivity contribution is 0.198. The van der Waals surface area contributed by atoms with Crippen LogP contribution < -0.4 is 5.32 Å². The molecule has 0 radical (unpaired) electrons. The van der Waals surface area contributed by atoms with E-state index in [9.17, 15) is 0 Å². The molecule has 142 valence electrons. The Morgan fingerprint density at radius 1 is 1.32 bits per heavy atom. The SMILES string of the molecule is Cc1cncc(CN2CCC[C@@H](c3csc(Nc4ccc(C#N)nc4)n3)C2)c1. The minimum absolute atomic E-state index is 0.413. The van der Waals surface area contributed by atoms with Crippen LogP contribution in [0, 0.1) is 18.3 Å². The van der Waals surface area contributed by atoms with Gasteiger partial charge in [0.15, 0.2) is 5.13 Å². The number of likely N-dealkylation sites (tertiary alicyclic amines) is 1. The maximum atomic E-state index is 8.84. The minimum Gasteiger partial charge on any atom is -0.330 e. The molecular formula is C21H22N6S. The van der Waals surface area contributed by atoms with E-state index >= 15 is 0 Å². The Kier molecular flexibility index (Phi) is 5.60. The summed E-state index contributed by atoms with van der Waals surface area (Å²) in [4.78, 5) is 15.7. The van der Waals surface area contributed by atoms with Crippen LogP contribution in [-0.2, 0) is 6.54 Å². The van der Waals surface area contributed by atoms with Crippen LogP contribution in [-0.4, -0.2) is 32.9 Å². The van der Waals surface area contributed by atoms with Gasteiger partial charge in [0.05, 0.1) is 17.6 Å². The van der Waals surface area contributed by atoms with Gasteiger partial charge in [-0.15, -0.1) is 11.3 Å². The van der Waals surface area contributed by atoms with Crippen molar-refractivity contribution in [2.45, 2.75) is 32.2 Å². The summed E-state index contributed by atoms with van der Waals surface area (Å²) in [5, 5.41) is 15.1. The second kappa shape index (κ2) is 8.46. The molecule has 28 heavy (non-hydrogen) atoms. The Morgan fingerprint density at radius 2 is 2.25 bits per heavy atom. The average molecular weight is 391 g/mol. The van der Waals surface area contributed by atoms with Crippen molar-refractivity contribution < 1.29 is 0 Å². The second-order valence-electron chi connectivity index (χ2n) is 7.19. The van der Waals surface area contributed by atoms with Gasteiger partial charge in [-0.1, -0.05) is 6.07 Å². The summed E-state index contributed by atoms with van der Waals surface area (Å²) in [5.41, 5.74) is 4.89. The fourth-order valence-electron chi connectivity index (χ4n) is 3.59. The molecule has 1 N–H and O–H groups in total. The van der Waals surface area contributed by atoms with Gasteiger partial charge in [-0.25, -0.2) is 9.97 Å². The Labute approximate surface area is 168 Å². The number of hydrogen-bond donors (Lipinski definition) is 1. The highest BCUT2D eigenvalue weighted by atomic mass is 32.1. The zero-order valence-corrected chi connectivity index (χ0v) is 16.6. The van der Waals surface area contributed by atoms with Gasteiger partial charge in [-0.2, -0.15) is 5.26 Å². The molecule has 1 aliphatic rings. The van der Waals surface area contributed by atoms with E-state index in [-0.39, 0.29) is 0 Å². The van der Waals surface area contributed by atoms with E-state index in [2.05, 4.69) is 38.6 Å². The summed E-state index contributed by atoms with van der Waals surface area (Å²) in [6.07, 6.45) is 7.88. The molecule has 0 bridgehead atoms. The van der Waals surface area contributed by atoms with Crippen molar-refractivity contribution in [3.63, 3.8) is 0 Å². The second-order valence-corrected chi connectivity index (χ2v) is 8.05. The Hall–Kier alpha value is -2.82. The van der Waals surface area contributed by atoms with Crippen LogP contribution in [0.4, 0.5) is 10.8 Å². The molecular weight excluding hydrogens is 368 g/mol. The molecule has 0 spiro atoms. The lowest BCUT2D eigenvalue weighted by Crippen LogP contribution is -2.34. The quantitative estimate of drug-likeness (QED) is 0.702. The van der Waals surface area contributed by atoms with Crippen molar-refractivity contribution in [2.75, 3.05) is 18.4 Å². The number of aromatic nitrogens is 3. The van der Waals surface area contributed by atoms with Crippen molar-refractivity contribution in [1.82, 2.24) is 19.9 Å². The van der Waals surface area contributed by atoms with Gasteiger partial charge in [0.2, 0.25) is 0 Å². The Bertz CT molecular complexity index is 975. The molecule has 3 aromatic rings. The van der Waals surface area contributed by atoms with Gasteiger partial charge in [0.1, 0.15) is 11.8 Å². The molecule has 0 amide bonds. The third-order valence-corrected chi connectivity index (χ3v) is 5.69. The summed E-state index contributed by atoms with van der Waals surface area (Å²) in [5.74, 6) is 0.456. The Balaban J connectivity index is 1.39. The van der Waals surface area contributed by atoms with E-state index in [1.165, 1.54) is 24.0 Å². The summed E-state index contributed by atoms with van der Waals surface area (Å²) < 4.78 is 0. The third-order valence-electron chi connectivity index (χ3n) is 4.91. The van der Waals surface area contributed by atoms with Crippen LogP contribution in [0.1, 0.15) is 41.3 Å². The number of hydrogen-bond acceptors (Lipinski definition) is 7. The van der Waals surface area contributed by atoms with Crippen LogP contribution in [0.2, 0.25) is 0 Å². The number of aryl methyl sites for hydroxylation is 1. The molecule has 4 heterocycles. The van der Waals surface area contributed by atoms with Gasteiger partial charge in [-0.05, 0) is 49.6 Å². The number of anilines is 2. The predicted octanol–water partition coefficient (Wildman–Crippen LogP) is 4.24. The van der Waals surface area contributed by atoms with Crippen molar-refractivity contribution in [3.8, 4) is 6.07 Å². The first-order chi connectivity index (χ1) is 13.7. The number of pyridine rings is 2. The van der Waals surface area contributed by atoms with Crippen LogP contribution in [0.25, 0.3) is 0 Å². The van der Waals surface area contributed by atoms with E-state index in [1.54, 1.807) is 23.6 Å². The van der Waals surface area contributed by atoms with E-state index < -0.39 is 0 Å². The van der Waals surface area contributed by atoms with E-state index in [1.807, 2.05) is 24.5 Å². The number of rotatable bonds is 5. The van der Waals surface area contributed by atoms with Gasteiger partial charge in [-0.3, -0.25) is 9.88 Å². The lowest BCUT2D eigenvalue weighted by Gasteiger charge is -2.32. The van der Waals surface area contributed by atoms with Crippen LogP contribution in [0.3, 0.4) is 0 Å². The van der Waals surface area contributed by atoms with Crippen molar-refractivity contribution >= 4 is 22.2 Å². The topological polar surface area (TPSA) is 77.7 Å². The molecule has 1 atom stereocenters. The van der Waals surface area contributed by atoms with Crippen LogP contribution >= 0.6 is 11.3 Å². The highest BCUT2D eigenvalue weighted by Gasteiger charge is 2.23. The normalized spacial score (nSPS) is 17.2. The molecule has 1 aliphatic heterocycles. The molecule has 1 fully saturated rings. The van der Waals surface area contributed by atoms with Crippen molar-refractivity contribution in [3.05, 3.63) is 64.7 Å². The minimum atomic E-state index is 0.413. The molecule has 0 aliphatic carbocycles. The Morgan fingerprint density at radius 3 is 3.04 bits per heavy atom. The maximum Gasteiger partial charge on any atom is 0.187 e. The molecule has 3 aromatic heterocycles. The summed E-state index contributed by atoms with van der Waals surface area (Å²) >= 11 is 1.61. The number of nitriles is 1. The van der Waals surface area contributed by atoms with E-state index in [0.717, 1.165) is 36.1 Å². The smallest absolute Gasteiger partial charge is 0.187 e. The molecule has 4 rings (SSSR count). The van der Waals surface area contributed by atoms with Crippen LogP contribution in [0.5, 0.6) is 0 Å². The standard InChI is InChI=1S/C21H22N6S/c1-15-7-16(10-23-9-15)12-27-6-2-3-17(13-27)20-14-28-21(26-20)25-19-5-4-18(8-22)24-11-19/h4-5,7,9-11,14,17H,2-3,6,12-13H2,1H3,(H,25,26)/t17-/m1/s1. The van der Waals surface area contributed by atoms with Gasteiger partial charge >= 0.3 is 0 Å². The largest absolute Gasteiger partial charge is 0.330 e. The molecule has 1 saturated heterocycles. The molecule has 6 nitrogen and oxygen atoms in total. The molecule has 0 aromatic carbocycles. The molecule has 7 heteroatoms. The molecule has 0 saturated carbocycles. The van der Waals surface area contributed by atoms with Crippen molar-refractivity contribution in [2.24, 2.45) is 0 Å². The van der Waals surface area contributed by atoms with Gasteiger partial charge in [0.25, 0.3) is 0 Å². The average Bonchev–Trinajstić information content (AvgIpc) is 3.17. The monoisotopic (exact) mass is 390 g/mol. The van der Waals surface area contributed by atoms with Gasteiger partial charge in [0, 0.05) is 36.8 Å². The number of thiazole rings is 1. The highest BCUT2D eigenvalue weighted by molar-refractivity contribution is 7.13.